The van der Waals surface area contributed by atoms with Crippen molar-refractivity contribution in [1.29, 1.82) is 0 Å². The van der Waals surface area contributed by atoms with Gasteiger partial charge >= 0.3 is 0 Å². The number of benzene rings is 1. The van der Waals surface area contributed by atoms with E-state index in [1.807, 2.05) is 0 Å². The number of hydrogen-bond donors (Lipinski definition) is 1. The third kappa shape index (κ3) is 2.81. The Morgan fingerprint density at radius 1 is 1.13 bits per heavy atom. The van der Waals surface area contributed by atoms with Crippen molar-refractivity contribution in [3.8, 4) is 11.5 Å². The Bertz CT molecular complexity index is 331. The van der Waals surface area contributed by atoms with Crippen molar-refractivity contribution in [2.75, 3.05) is 21.3 Å². The highest BCUT2D eigenvalue weighted by molar-refractivity contribution is 5.41. The lowest BCUT2D eigenvalue weighted by Gasteiger charge is -2.11. The van der Waals surface area contributed by atoms with E-state index in [1.165, 1.54) is 27.4 Å². The molecule has 0 unspecified atom stereocenters. The van der Waals surface area contributed by atoms with E-state index in [0.717, 1.165) is 5.56 Å². The third-order valence-corrected chi connectivity index (χ3v) is 1.96. The second-order valence-corrected chi connectivity index (χ2v) is 2.82. The SMILES string of the molecule is CONCc1cc(OC)c(F)cc1OC. The van der Waals surface area contributed by atoms with Gasteiger partial charge in [-0.15, -0.1) is 0 Å². The molecule has 0 atom stereocenters. The van der Waals surface area contributed by atoms with E-state index in [1.54, 1.807) is 6.07 Å². The first kappa shape index (κ1) is 11.7. The molecule has 1 rings (SSSR count). The minimum atomic E-state index is -0.449. The van der Waals surface area contributed by atoms with Crippen LogP contribution in [-0.4, -0.2) is 21.3 Å². The van der Waals surface area contributed by atoms with Crippen LogP contribution in [-0.2, 0) is 11.4 Å². The van der Waals surface area contributed by atoms with E-state index in [0.29, 0.717) is 12.3 Å². The van der Waals surface area contributed by atoms with Crippen molar-refractivity contribution in [3.63, 3.8) is 0 Å². The van der Waals surface area contributed by atoms with Crippen LogP contribution in [0.15, 0.2) is 12.1 Å². The van der Waals surface area contributed by atoms with Crippen molar-refractivity contribution in [1.82, 2.24) is 5.48 Å². The molecule has 0 radical (unpaired) electrons. The first-order chi connectivity index (χ1) is 7.22. The molecule has 0 amide bonds. The zero-order chi connectivity index (χ0) is 11.3. The molecule has 5 heteroatoms. The smallest absolute Gasteiger partial charge is 0.168 e. The van der Waals surface area contributed by atoms with E-state index in [2.05, 4.69) is 5.48 Å². The fourth-order valence-corrected chi connectivity index (χ4v) is 1.21. The lowest BCUT2D eigenvalue weighted by molar-refractivity contribution is 0.0860. The molecule has 4 nitrogen and oxygen atoms in total. The molecule has 84 valence electrons. The number of halogens is 1. The van der Waals surface area contributed by atoms with Gasteiger partial charge in [-0.3, -0.25) is 0 Å². The molecule has 0 aliphatic rings. The van der Waals surface area contributed by atoms with Crippen LogP contribution in [0.2, 0.25) is 0 Å². The topological polar surface area (TPSA) is 39.7 Å². The minimum absolute atomic E-state index is 0.184. The average molecular weight is 215 g/mol. The Balaban J connectivity index is 2.99. The van der Waals surface area contributed by atoms with Crippen LogP contribution in [0.5, 0.6) is 11.5 Å². The Morgan fingerprint density at radius 3 is 2.33 bits per heavy atom. The Labute approximate surface area is 87.9 Å². The third-order valence-electron chi connectivity index (χ3n) is 1.96. The predicted molar refractivity (Wildman–Crippen MR) is 53.4 cm³/mol. The molecular formula is C10H14FNO3. The summed E-state index contributed by atoms with van der Waals surface area (Å²) in [6, 6.07) is 2.85. The number of methoxy groups -OCH3 is 2. The zero-order valence-electron chi connectivity index (χ0n) is 8.96. The predicted octanol–water partition coefficient (Wildman–Crippen LogP) is 1.49. The Morgan fingerprint density at radius 2 is 1.80 bits per heavy atom. The van der Waals surface area contributed by atoms with Gasteiger partial charge in [0, 0.05) is 18.2 Å². The van der Waals surface area contributed by atoms with Crippen LogP contribution in [0, 0.1) is 5.82 Å². The molecule has 0 bridgehead atoms. The van der Waals surface area contributed by atoms with E-state index >= 15 is 0 Å². The number of ether oxygens (including phenoxy) is 2. The van der Waals surface area contributed by atoms with Gasteiger partial charge < -0.3 is 14.3 Å². The first-order valence-electron chi connectivity index (χ1n) is 4.39. The van der Waals surface area contributed by atoms with E-state index in [4.69, 9.17) is 14.3 Å². The normalized spacial score (nSPS) is 10.1. The van der Waals surface area contributed by atoms with Gasteiger partial charge in [0.05, 0.1) is 21.3 Å². The van der Waals surface area contributed by atoms with Crippen molar-refractivity contribution in [2.24, 2.45) is 0 Å². The standard InChI is InChI=1S/C10H14FNO3/c1-13-9-5-8(11)10(14-2)4-7(9)6-12-15-3/h4-5,12H,6H2,1-3H3. The van der Waals surface area contributed by atoms with Crippen molar-refractivity contribution in [3.05, 3.63) is 23.5 Å². The number of hydroxylamine groups is 1. The maximum Gasteiger partial charge on any atom is 0.168 e. The quantitative estimate of drug-likeness (QED) is 0.755. The number of rotatable bonds is 5. The highest BCUT2D eigenvalue weighted by Crippen LogP contribution is 2.27. The first-order valence-corrected chi connectivity index (χ1v) is 4.39. The molecule has 0 saturated heterocycles. The molecule has 1 aromatic carbocycles. The van der Waals surface area contributed by atoms with E-state index in [9.17, 15) is 4.39 Å². The second kappa shape index (κ2) is 5.53. The number of hydrogen-bond acceptors (Lipinski definition) is 4. The fourth-order valence-electron chi connectivity index (χ4n) is 1.21. The monoisotopic (exact) mass is 215 g/mol. The molecule has 0 aromatic heterocycles. The van der Waals surface area contributed by atoms with Gasteiger partial charge in [-0.2, -0.15) is 5.48 Å². The molecule has 1 N–H and O–H groups in total. The van der Waals surface area contributed by atoms with Gasteiger partial charge in [-0.1, -0.05) is 0 Å². The van der Waals surface area contributed by atoms with Crippen molar-refractivity contribution >= 4 is 0 Å². The zero-order valence-corrected chi connectivity index (χ0v) is 8.96. The summed E-state index contributed by atoms with van der Waals surface area (Å²) in [5.74, 6) is 0.192. The minimum Gasteiger partial charge on any atom is -0.496 e. The lowest BCUT2D eigenvalue weighted by Crippen LogP contribution is -2.12. The summed E-state index contributed by atoms with van der Waals surface area (Å²) in [6.45, 7) is 0.413. The molecule has 0 aliphatic heterocycles. The highest BCUT2D eigenvalue weighted by atomic mass is 19.1. The molecule has 0 fully saturated rings. The lowest BCUT2D eigenvalue weighted by atomic mass is 10.2. The van der Waals surface area contributed by atoms with Gasteiger partial charge in [-0.25, -0.2) is 4.39 Å². The molecule has 1 aromatic rings. The maximum absolute atomic E-state index is 13.3. The van der Waals surface area contributed by atoms with E-state index < -0.39 is 5.82 Å². The Kier molecular flexibility index (Phi) is 4.33. The van der Waals surface area contributed by atoms with Crippen LogP contribution in [0.3, 0.4) is 0 Å². The maximum atomic E-state index is 13.3. The molecule has 0 heterocycles. The second-order valence-electron chi connectivity index (χ2n) is 2.82. The van der Waals surface area contributed by atoms with Crippen LogP contribution < -0.4 is 15.0 Å². The van der Waals surface area contributed by atoms with Crippen LogP contribution in [0.25, 0.3) is 0 Å². The summed E-state index contributed by atoms with van der Waals surface area (Å²) in [4.78, 5) is 4.71. The largest absolute Gasteiger partial charge is 0.496 e. The van der Waals surface area contributed by atoms with Crippen LogP contribution in [0.4, 0.5) is 4.39 Å². The summed E-state index contributed by atoms with van der Waals surface area (Å²) in [5.41, 5.74) is 3.41. The van der Waals surface area contributed by atoms with Gasteiger partial charge in [0.1, 0.15) is 5.75 Å². The molecule has 0 saturated carbocycles. The van der Waals surface area contributed by atoms with Gasteiger partial charge in [0.2, 0.25) is 0 Å². The van der Waals surface area contributed by atoms with Crippen LogP contribution in [0.1, 0.15) is 5.56 Å². The molecule has 15 heavy (non-hydrogen) atoms. The summed E-state index contributed by atoms with van der Waals surface area (Å²) >= 11 is 0. The number of nitrogens with one attached hydrogen (secondary N) is 1. The van der Waals surface area contributed by atoms with Gasteiger partial charge in [-0.05, 0) is 6.07 Å². The highest BCUT2D eigenvalue weighted by Gasteiger charge is 2.10. The summed E-state index contributed by atoms with van der Waals surface area (Å²) in [6.07, 6.45) is 0. The Hall–Kier alpha value is -1.33. The summed E-state index contributed by atoms with van der Waals surface area (Å²) in [5, 5.41) is 0. The van der Waals surface area contributed by atoms with Crippen molar-refractivity contribution < 1.29 is 18.7 Å². The fraction of sp³-hybridized carbons (Fsp3) is 0.400. The molecule has 0 aliphatic carbocycles. The van der Waals surface area contributed by atoms with Gasteiger partial charge in [0.25, 0.3) is 0 Å². The van der Waals surface area contributed by atoms with Crippen molar-refractivity contribution in [2.45, 2.75) is 6.54 Å². The molecular weight excluding hydrogens is 201 g/mol. The summed E-state index contributed by atoms with van der Waals surface area (Å²) in [7, 11) is 4.41. The van der Waals surface area contributed by atoms with Crippen LogP contribution >= 0.6 is 0 Å². The average Bonchev–Trinajstić information content (AvgIpc) is 2.26. The van der Waals surface area contributed by atoms with Gasteiger partial charge in [0.15, 0.2) is 11.6 Å². The van der Waals surface area contributed by atoms with E-state index in [-0.39, 0.29) is 5.75 Å². The summed E-state index contributed by atoms with van der Waals surface area (Å²) < 4.78 is 23.2. The molecule has 0 spiro atoms.